The molecule has 0 saturated carbocycles. The molecule has 0 radical (unpaired) electrons. The highest BCUT2D eigenvalue weighted by Crippen LogP contribution is 2.47. The lowest BCUT2D eigenvalue weighted by Crippen LogP contribution is -2.59. The molecule has 1 atom stereocenters. The molecule has 4 heterocycles. The SMILES string of the molecule is CN1c2ccccc2Sc2cc(CCC3(O)CN4CCC3CC4)ccc21. The summed E-state index contributed by atoms with van der Waals surface area (Å²) >= 11 is 1.86. The Morgan fingerprint density at radius 1 is 1.08 bits per heavy atom. The number of hydrogen-bond acceptors (Lipinski definition) is 4. The standard InChI is InChI=1S/C22H26N2OS/c1-23-18-4-2-3-5-20(18)26-21-14-16(6-7-19(21)23)8-11-22(25)15-24-12-9-17(22)10-13-24/h2-7,14,17,25H,8-13,15H2,1H3. The minimum Gasteiger partial charge on any atom is -0.388 e. The predicted octanol–water partition coefficient (Wildman–Crippen LogP) is 4.31. The molecule has 2 bridgehead atoms. The van der Waals surface area contributed by atoms with Gasteiger partial charge in [-0.15, -0.1) is 0 Å². The average Bonchev–Trinajstić information content (AvgIpc) is 2.67. The quantitative estimate of drug-likeness (QED) is 0.876. The third-order valence-electron chi connectivity index (χ3n) is 6.52. The van der Waals surface area contributed by atoms with Gasteiger partial charge in [0.15, 0.2) is 0 Å². The zero-order chi connectivity index (χ0) is 17.7. The number of fused-ring (bicyclic) bond motifs is 5. The molecule has 0 aromatic heterocycles. The molecule has 1 N–H and O–H groups in total. The van der Waals surface area contributed by atoms with Crippen LogP contribution >= 0.6 is 11.8 Å². The van der Waals surface area contributed by atoms with Crippen LogP contribution in [0, 0.1) is 5.92 Å². The van der Waals surface area contributed by atoms with Gasteiger partial charge in [-0.25, -0.2) is 0 Å². The summed E-state index contributed by atoms with van der Waals surface area (Å²) in [4.78, 5) is 7.36. The Morgan fingerprint density at radius 3 is 2.62 bits per heavy atom. The van der Waals surface area contributed by atoms with Crippen molar-refractivity contribution in [1.82, 2.24) is 4.90 Å². The van der Waals surface area contributed by atoms with Crippen LogP contribution in [0.3, 0.4) is 0 Å². The van der Waals surface area contributed by atoms with Crippen molar-refractivity contribution in [3.8, 4) is 0 Å². The third-order valence-corrected chi connectivity index (χ3v) is 7.64. The van der Waals surface area contributed by atoms with Crippen molar-refractivity contribution >= 4 is 23.1 Å². The van der Waals surface area contributed by atoms with Gasteiger partial charge in [-0.2, -0.15) is 0 Å². The first-order chi connectivity index (χ1) is 12.6. The van der Waals surface area contributed by atoms with Crippen LogP contribution in [0.2, 0.25) is 0 Å². The summed E-state index contributed by atoms with van der Waals surface area (Å²) in [6, 6.07) is 15.4. The van der Waals surface area contributed by atoms with Crippen molar-refractivity contribution in [2.75, 3.05) is 31.6 Å². The van der Waals surface area contributed by atoms with Crippen LogP contribution < -0.4 is 4.90 Å². The maximum absolute atomic E-state index is 11.2. The largest absolute Gasteiger partial charge is 0.388 e. The van der Waals surface area contributed by atoms with Gasteiger partial charge in [0.1, 0.15) is 0 Å². The predicted molar refractivity (Wildman–Crippen MR) is 108 cm³/mol. The second-order valence-electron chi connectivity index (χ2n) is 8.08. The van der Waals surface area contributed by atoms with E-state index in [2.05, 4.69) is 59.3 Å². The average molecular weight is 367 g/mol. The number of anilines is 2. The number of rotatable bonds is 3. The minimum absolute atomic E-state index is 0.483. The molecule has 136 valence electrons. The smallest absolute Gasteiger partial charge is 0.0806 e. The lowest BCUT2D eigenvalue weighted by molar-refractivity contribution is -0.115. The van der Waals surface area contributed by atoms with E-state index in [9.17, 15) is 5.11 Å². The molecule has 0 spiro atoms. The van der Waals surface area contributed by atoms with Gasteiger partial charge in [-0.1, -0.05) is 30.0 Å². The van der Waals surface area contributed by atoms with E-state index < -0.39 is 5.60 Å². The number of nitrogens with zero attached hydrogens (tertiary/aromatic N) is 2. The lowest BCUT2D eigenvalue weighted by atomic mass is 9.73. The van der Waals surface area contributed by atoms with E-state index in [0.29, 0.717) is 5.92 Å². The zero-order valence-corrected chi connectivity index (χ0v) is 16.1. The first-order valence-corrected chi connectivity index (χ1v) is 10.5. The van der Waals surface area contributed by atoms with E-state index in [1.165, 1.54) is 39.8 Å². The van der Waals surface area contributed by atoms with Gasteiger partial charge in [-0.05, 0) is 74.5 Å². The lowest BCUT2D eigenvalue weighted by Gasteiger charge is -2.50. The zero-order valence-electron chi connectivity index (χ0n) is 15.3. The number of aryl methyl sites for hydroxylation is 1. The number of aliphatic hydroxyl groups is 1. The van der Waals surface area contributed by atoms with Crippen molar-refractivity contribution in [3.05, 3.63) is 48.0 Å². The van der Waals surface area contributed by atoms with Gasteiger partial charge in [0.2, 0.25) is 0 Å². The molecule has 2 aromatic rings. The van der Waals surface area contributed by atoms with Crippen molar-refractivity contribution < 1.29 is 5.11 Å². The van der Waals surface area contributed by atoms with E-state index in [1.54, 1.807) is 0 Å². The highest BCUT2D eigenvalue weighted by Gasteiger charge is 2.44. The highest BCUT2D eigenvalue weighted by atomic mass is 32.2. The van der Waals surface area contributed by atoms with Gasteiger partial charge in [0, 0.05) is 23.4 Å². The highest BCUT2D eigenvalue weighted by molar-refractivity contribution is 7.99. The minimum atomic E-state index is -0.483. The summed E-state index contributed by atoms with van der Waals surface area (Å²) in [6.07, 6.45) is 4.17. The summed E-state index contributed by atoms with van der Waals surface area (Å²) in [7, 11) is 2.15. The Bertz CT molecular complexity index is 831. The summed E-state index contributed by atoms with van der Waals surface area (Å²) in [5, 5.41) is 11.2. The molecule has 6 rings (SSSR count). The Labute approximate surface area is 160 Å². The van der Waals surface area contributed by atoms with Gasteiger partial charge in [0.05, 0.1) is 17.0 Å². The van der Waals surface area contributed by atoms with Gasteiger partial charge in [-0.3, -0.25) is 0 Å². The number of hydrogen-bond donors (Lipinski definition) is 1. The monoisotopic (exact) mass is 366 g/mol. The third kappa shape index (κ3) is 2.75. The molecule has 26 heavy (non-hydrogen) atoms. The summed E-state index contributed by atoms with van der Waals surface area (Å²) in [5.74, 6) is 0.498. The number of benzene rings is 2. The molecule has 4 aliphatic rings. The summed E-state index contributed by atoms with van der Waals surface area (Å²) < 4.78 is 0. The van der Waals surface area contributed by atoms with E-state index in [4.69, 9.17) is 0 Å². The Kier molecular flexibility index (Phi) is 4.03. The molecule has 4 aliphatic heterocycles. The molecular formula is C22H26N2OS. The summed E-state index contributed by atoms with van der Waals surface area (Å²) in [5.41, 5.74) is 3.41. The molecular weight excluding hydrogens is 340 g/mol. The van der Waals surface area contributed by atoms with Crippen molar-refractivity contribution in [2.45, 2.75) is 41.1 Å². The Morgan fingerprint density at radius 2 is 1.85 bits per heavy atom. The fraction of sp³-hybridized carbons (Fsp3) is 0.455. The second kappa shape index (κ2) is 6.29. The van der Waals surface area contributed by atoms with E-state index in [0.717, 1.165) is 32.2 Å². The number of para-hydroxylation sites is 1. The van der Waals surface area contributed by atoms with Crippen LogP contribution in [0.5, 0.6) is 0 Å². The van der Waals surface area contributed by atoms with Gasteiger partial charge in [0.25, 0.3) is 0 Å². The van der Waals surface area contributed by atoms with Gasteiger partial charge < -0.3 is 14.9 Å². The maximum atomic E-state index is 11.2. The van der Waals surface area contributed by atoms with Gasteiger partial charge >= 0.3 is 0 Å². The van der Waals surface area contributed by atoms with E-state index in [-0.39, 0.29) is 0 Å². The Hall–Kier alpha value is -1.49. The van der Waals surface area contributed by atoms with E-state index in [1.807, 2.05) is 11.8 Å². The van der Waals surface area contributed by atoms with Crippen molar-refractivity contribution in [2.24, 2.45) is 5.92 Å². The first-order valence-electron chi connectivity index (χ1n) is 9.71. The maximum Gasteiger partial charge on any atom is 0.0806 e. The van der Waals surface area contributed by atoms with Crippen molar-refractivity contribution in [3.63, 3.8) is 0 Å². The van der Waals surface area contributed by atoms with Crippen LogP contribution in [0.15, 0.2) is 52.3 Å². The second-order valence-corrected chi connectivity index (χ2v) is 9.17. The molecule has 3 saturated heterocycles. The Balaban J connectivity index is 1.35. The summed E-state index contributed by atoms with van der Waals surface area (Å²) in [6.45, 7) is 3.22. The molecule has 3 fully saturated rings. The number of piperidine rings is 3. The molecule has 1 unspecified atom stereocenters. The first kappa shape index (κ1) is 16.7. The molecule has 4 heteroatoms. The normalized spacial score (nSPS) is 29.4. The molecule has 2 aromatic carbocycles. The fourth-order valence-corrected chi connectivity index (χ4v) is 6.14. The van der Waals surface area contributed by atoms with E-state index >= 15 is 0 Å². The van der Waals surface area contributed by atoms with Crippen LogP contribution in [0.1, 0.15) is 24.8 Å². The fourth-order valence-electron chi connectivity index (χ4n) is 4.93. The van der Waals surface area contributed by atoms with Crippen LogP contribution in [-0.4, -0.2) is 42.3 Å². The van der Waals surface area contributed by atoms with Crippen LogP contribution in [0.4, 0.5) is 11.4 Å². The molecule has 0 aliphatic carbocycles. The molecule has 0 amide bonds. The van der Waals surface area contributed by atoms with Crippen LogP contribution in [-0.2, 0) is 6.42 Å². The van der Waals surface area contributed by atoms with Crippen LogP contribution in [0.25, 0.3) is 0 Å². The molecule has 3 nitrogen and oxygen atoms in total. The van der Waals surface area contributed by atoms with Crippen molar-refractivity contribution in [1.29, 1.82) is 0 Å². The topological polar surface area (TPSA) is 26.7 Å².